The van der Waals surface area contributed by atoms with Gasteiger partial charge in [-0.15, -0.1) is 0 Å². The number of nitrogens with zero attached hydrogens (tertiary/aromatic N) is 1. The molecule has 3 aliphatic carbocycles. The summed E-state index contributed by atoms with van der Waals surface area (Å²) in [5.41, 5.74) is 3.88. The Morgan fingerprint density at radius 3 is 1.98 bits per heavy atom. The van der Waals surface area contributed by atoms with Gasteiger partial charge in [0.2, 0.25) is 5.78 Å². The Balaban J connectivity index is 1.28. The second-order valence-electron chi connectivity index (χ2n) is 14.8. The molecule has 2 saturated carbocycles. The maximum atomic E-state index is 14.4. The van der Waals surface area contributed by atoms with Crippen LogP contribution in [0.4, 0.5) is 17.1 Å². The molecule has 4 aromatic rings. The number of rotatable bonds is 1. The molecule has 6 heteroatoms. The van der Waals surface area contributed by atoms with Crippen LogP contribution in [0.15, 0.2) is 71.4 Å². The van der Waals surface area contributed by atoms with Crippen LogP contribution in [-0.2, 0) is 4.79 Å². The van der Waals surface area contributed by atoms with E-state index in [1.807, 2.05) is 12.1 Å². The van der Waals surface area contributed by atoms with Gasteiger partial charge in [-0.2, -0.15) is 0 Å². The van der Waals surface area contributed by atoms with Gasteiger partial charge >= 0.3 is 0 Å². The Morgan fingerprint density at radius 2 is 1.30 bits per heavy atom. The van der Waals surface area contributed by atoms with Crippen molar-refractivity contribution in [3.8, 4) is 0 Å². The summed E-state index contributed by atoms with van der Waals surface area (Å²) in [5, 5.41) is 29.5. The normalized spacial score (nSPS) is 32.6. The fraction of sp³-hybridized carbons (Fsp3) is 0.400. The third-order valence-electron chi connectivity index (χ3n) is 12.4. The van der Waals surface area contributed by atoms with Gasteiger partial charge in [-0.05, 0) is 72.3 Å². The number of carbonyl (C=O) groups excluding carboxylic acids is 1. The van der Waals surface area contributed by atoms with Crippen molar-refractivity contribution in [3.63, 3.8) is 0 Å². The topological polar surface area (TPSA) is 85.8 Å². The minimum Gasteiger partial charge on any atom is -0.506 e. The fourth-order valence-electron chi connectivity index (χ4n) is 9.68. The van der Waals surface area contributed by atoms with Crippen LogP contribution in [-0.4, -0.2) is 22.2 Å². The lowest BCUT2D eigenvalue weighted by atomic mass is 9.71. The summed E-state index contributed by atoms with van der Waals surface area (Å²) in [6.45, 7) is 9.22. The van der Waals surface area contributed by atoms with Crippen molar-refractivity contribution in [3.05, 3.63) is 82.6 Å². The zero-order valence-corrected chi connectivity index (χ0v) is 27.1. The summed E-state index contributed by atoms with van der Waals surface area (Å²) in [4.78, 5) is 19.9. The highest BCUT2D eigenvalue weighted by atomic mass is 16.3. The van der Waals surface area contributed by atoms with Crippen LogP contribution in [0.25, 0.3) is 32.7 Å². The van der Waals surface area contributed by atoms with E-state index < -0.39 is 5.66 Å². The van der Waals surface area contributed by atoms with Crippen LogP contribution in [0.2, 0.25) is 0 Å². The second kappa shape index (κ2) is 9.60. The fourth-order valence-corrected chi connectivity index (χ4v) is 9.68. The molecule has 4 aromatic carbocycles. The molecule has 2 aliphatic heterocycles. The van der Waals surface area contributed by atoms with Gasteiger partial charge in [0.15, 0.2) is 0 Å². The van der Waals surface area contributed by atoms with E-state index in [1.165, 1.54) is 12.8 Å². The van der Waals surface area contributed by atoms with Crippen molar-refractivity contribution < 1.29 is 9.90 Å². The highest BCUT2D eigenvalue weighted by Gasteiger charge is 2.48. The minimum absolute atomic E-state index is 0.0674. The van der Waals surface area contributed by atoms with Gasteiger partial charge in [-0.25, -0.2) is 0 Å². The van der Waals surface area contributed by atoms with E-state index in [1.54, 1.807) is 0 Å². The predicted octanol–water partition coefficient (Wildman–Crippen LogP) is 7.88. The Labute approximate surface area is 269 Å². The number of benzene rings is 4. The molecule has 9 rings (SSSR count). The maximum absolute atomic E-state index is 14.4. The molecule has 2 fully saturated rings. The lowest BCUT2D eigenvalue weighted by Gasteiger charge is -2.52. The molecule has 2 heterocycles. The monoisotopic (exact) mass is 610 g/mol. The molecule has 0 aromatic heterocycles. The van der Waals surface area contributed by atoms with Crippen LogP contribution in [0.3, 0.4) is 0 Å². The van der Waals surface area contributed by atoms with E-state index in [0.717, 1.165) is 80.4 Å². The minimum atomic E-state index is -0.442. The largest absolute Gasteiger partial charge is 0.506 e. The van der Waals surface area contributed by atoms with Gasteiger partial charge in [0.05, 0.1) is 22.2 Å². The van der Waals surface area contributed by atoms with Gasteiger partial charge in [0.25, 0.3) is 0 Å². The molecule has 6 nitrogen and oxygen atoms in total. The van der Waals surface area contributed by atoms with E-state index in [9.17, 15) is 9.90 Å². The predicted molar refractivity (Wildman–Crippen MR) is 187 cm³/mol. The molecule has 4 atom stereocenters. The summed E-state index contributed by atoms with van der Waals surface area (Å²) in [6.07, 6.45) is 6.88. The molecule has 2 spiro atoms. The summed E-state index contributed by atoms with van der Waals surface area (Å²) < 4.78 is 0. The van der Waals surface area contributed by atoms with Crippen molar-refractivity contribution in [2.75, 3.05) is 16.0 Å². The summed E-state index contributed by atoms with van der Waals surface area (Å²) in [7, 11) is 0. The van der Waals surface area contributed by atoms with Gasteiger partial charge in [-0.3, -0.25) is 9.79 Å². The first kappa shape index (κ1) is 27.9. The Hall–Kier alpha value is -4.32. The van der Waals surface area contributed by atoms with Crippen LogP contribution < -0.4 is 26.5 Å². The van der Waals surface area contributed by atoms with Gasteiger partial charge in [0.1, 0.15) is 17.1 Å². The number of hydrogen-bond acceptors (Lipinski definition) is 6. The molecule has 0 amide bonds. The van der Waals surface area contributed by atoms with Crippen molar-refractivity contribution in [2.45, 2.75) is 77.5 Å². The van der Waals surface area contributed by atoms with Crippen LogP contribution in [0.5, 0.6) is 0 Å². The molecule has 5 aliphatic rings. The van der Waals surface area contributed by atoms with Crippen molar-refractivity contribution >= 4 is 55.5 Å². The lowest BCUT2D eigenvalue weighted by Crippen LogP contribution is -2.59. The van der Waals surface area contributed by atoms with E-state index in [2.05, 4.69) is 92.2 Å². The average molecular weight is 611 g/mol. The Bertz CT molecular complexity index is 2140. The molecule has 46 heavy (non-hydrogen) atoms. The van der Waals surface area contributed by atoms with Crippen LogP contribution in [0, 0.1) is 23.7 Å². The number of carbonyl (C=O) groups is 1. The van der Waals surface area contributed by atoms with E-state index in [0.29, 0.717) is 34.8 Å². The number of hydrogen-bond donors (Lipinski definition) is 4. The quantitative estimate of drug-likeness (QED) is 0.176. The van der Waals surface area contributed by atoms with Gasteiger partial charge in [0, 0.05) is 32.9 Å². The highest BCUT2D eigenvalue weighted by Crippen LogP contribution is 2.51. The van der Waals surface area contributed by atoms with Gasteiger partial charge in [-0.1, -0.05) is 89.1 Å². The summed E-state index contributed by atoms with van der Waals surface area (Å²) >= 11 is 0. The molecular formula is C40H42N4O2. The average Bonchev–Trinajstić information content (AvgIpc) is 3.05. The van der Waals surface area contributed by atoms with Crippen molar-refractivity contribution in [1.82, 2.24) is 0 Å². The Morgan fingerprint density at radius 1 is 0.696 bits per heavy atom. The zero-order chi connectivity index (χ0) is 31.5. The van der Waals surface area contributed by atoms with Crippen LogP contribution >= 0.6 is 0 Å². The maximum Gasteiger partial charge on any atom is 0.201 e. The molecule has 0 radical (unpaired) electrons. The molecule has 4 unspecified atom stereocenters. The van der Waals surface area contributed by atoms with Crippen LogP contribution in [0.1, 0.15) is 71.8 Å². The van der Waals surface area contributed by atoms with Crippen molar-refractivity contribution in [1.29, 1.82) is 0 Å². The van der Waals surface area contributed by atoms with Crippen molar-refractivity contribution in [2.24, 2.45) is 28.7 Å². The van der Waals surface area contributed by atoms with E-state index >= 15 is 0 Å². The molecule has 0 bridgehead atoms. The SMILES string of the molecule is CC1CCCC(C)C12N=c1/c(=C3/C(=O)C(c4ccc5cccc6c5c4NC4(N6)C(C)CCCC4C)=C3O)ccc3cccc(c13)N2. The number of ketones is 1. The molecular weight excluding hydrogens is 568 g/mol. The first-order chi connectivity index (χ1) is 22.2. The Kier molecular flexibility index (Phi) is 5.83. The highest BCUT2D eigenvalue weighted by molar-refractivity contribution is 6.52. The van der Waals surface area contributed by atoms with E-state index in [4.69, 9.17) is 4.99 Å². The summed E-state index contributed by atoms with van der Waals surface area (Å²) in [6, 6.07) is 20.8. The van der Waals surface area contributed by atoms with E-state index in [-0.39, 0.29) is 17.2 Å². The smallest absolute Gasteiger partial charge is 0.201 e. The second-order valence-corrected chi connectivity index (χ2v) is 14.8. The number of Topliss-reactive ketones (excluding diaryl/α,β-unsaturated/α-hetero) is 1. The van der Waals surface area contributed by atoms with Gasteiger partial charge < -0.3 is 21.1 Å². The molecule has 4 N–H and O–H groups in total. The molecule has 234 valence electrons. The molecule has 0 saturated heterocycles. The standard InChI is InChI=1S/C40H42N4O2/c1-21-9-5-10-22(2)39(21)41-29-15-7-13-25-17-19-27(35(43-39)31(25)29)33-37(45)34(38(33)46)28-20-18-26-14-8-16-30-32(26)36(28)44-40(42-30)23(3)11-6-12-24(40)4/h7-8,13-24,41-43,45H,5-6,9-12H2,1-4H3/b34-28+. The number of nitrogens with one attached hydrogen (secondary N) is 3. The zero-order valence-electron chi connectivity index (χ0n) is 27.1. The summed E-state index contributed by atoms with van der Waals surface area (Å²) in [5.74, 6) is 1.41. The third kappa shape index (κ3) is 3.53. The third-order valence-corrected chi connectivity index (χ3v) is 12.4. The first-order valence-electron chi connectivity index (χ1n) is 17.3. The number of anilines is 3. The first-order valence-corrected chi connectivity index (χ1v) is 17.3. The lowest BCUT2D eigenvalue weighted by molar-refractivity contribution is -0.109. The number of aliphatic hydroxyl groups is 1. The number of allylic oxidation sites excluding steroid dienone is 2. The number of aliphatic hydroxyl groups excluding tert-OH is 1.